The van der Waals surface area contributed by atoms with Crippen LogP contribution in [0.4, 0.5) is 4.39 Å². The van der Waals surface area contributed by atoms with E-state index < -0.39 is 0 Å². The third kappa shape index (κ3) is 3.08. The number of nitrogens with two attached hydrogens (primary N) is 1. The molecular weight excluding hydrogens is 267 g/mol. The molecule has 1 fully saturated rings. The van der Waals surface area contributed by atoms with E-state index >= 15 is 0 Å². The highest BCUT2D eigenvalue weighted by atomic mass is 35.5. The van der Waals surface area contributed by atoms with Crippen LogP contribution in [-0.4, -0.2) is 36.7 Å². The number of nitrogens with zero attached hydrogens (tertiary/aromatic N) is 1. The highest BCUT2D eigenvalue weighted by Crippen LogP contribution is 2.33. The summed E-state index contributed by atoms with van der Waals surface area (Å²) in [6.45, 7) is 5.94. The Morgan fingerprint density at radius 3 is 2.89 bits per heavy atom. The summed E-state index contributed by atoms with van der Waals surface area (Å²) >= 11 is 6.00. The van der Waals surface area contributed by atoms with Crippen molar-refractivity contribution in [3.8, 4) is 0 Å². The monoisotopic (exact) mass is 286 g/mol. The molecule has 2 rings (SSSR count). The number of ether oxygens (including phenoxy) is 1. The molecule has 0 spiro atoms. The van der Waals surface area contributed by atoms with Crippen LogP contribution in [0, 0.1) is 5.82 Å². The van der Waals surface area contributed by atoms with Crippen molar-refractivity contribution < 1.29 is 9.13 Å². The fourth-order valence-electron chi connectivity index (χ4n) is 2.65. The van der Waals surface area contributed by atoms with Crippen molar-refractivity contribution in [2.75, 3.05) is 19.7 Å². The molecule has 0 aliphatic carbocycles. The highest BCUT2D eigenvalue weighted by Gasteiger charge is 2.35. The molecule has 1 aromatic carbocycles. The Balaban J connectivity index is 2.42. The van der Waals surface area contributed by atoms with E-state index in [4.69, 9.17) is 22.1 Å². The van der Waals surface area contributed by atoms with Crippen molar-refractivity contribution in [1.82, 2.24) is 4.90 Å². The van der Waals surface area contributed by atoms with Crippen molar-refractivity contribution >= 4 is 11.6 Å². The molecule has 3 nitrogen and oxygen atoms in total. The van der Waals surface area contributed by atoms with E-state index in [-0.39, 0.29) is 18.0 Å². The Hall–Kier alpha value is -0.680. The maximum atomic E-state index is 14.1. The number of rotatable bonds is 3. The Kier molecular flexibility index (Phi) is 4.79. The second-order valence-corrected chi connectivity index (χ2v) is 5.52. The summed E-state index contributed by atoms with van der Waals surface area (Å²) in [5, 5.41) is 0.529. The minimum absolute atomic E-state index is 0.183. The van der Waals surface area contributed by atoms with Gasteiger partial charge < -0.3 is 10.5 Å². The maximum Gasteiger partial charge on any atom is 0.128 e. The van der Waals surface area contributed by atoms with Gasteiger partial charge in [0, 0.05) is 29.7 Å². The van der Waals surface area contributed by atoms with Crippen LogP contribution >= 0.6 is 11.6 Å². The quantitative estimate of drug-likeness (QED) is 0.928. The molecule has 0 amide bonds. The first-order chi connectivity index (χ1) is 9.04. The van der Waals surface area contributed by atoms with Crippen LogP contribution < -0.4 is 5.73 Å². The summed E-state index contributed by atoms with van der Waals surface area (Å²) < 4.78 is 19.8. The number of hydrogen-bond acceptors (Lipinski definition) is 3. The van der Waals surface area contributed by atoms with Gasteiger partial charge in [0.05, 0.1) is 18.8 Å². The first kappa shape index (κ1) is 14.7. The SMILES string of the molecule is CC(C)N1CCOC(CN)C1c1cc(Cl)ccc1F. The summed E-state index contributed by atoms with van der Waals surface area (Å²) in [6.07, 6.45) is -0.205. The van der Waals surface area contributed by atoms with E-state index in [1.165, 1.54) is 6.07 Å². The van der Waals surface area contributed by atoms with Crippen LogP contribution in [0.2, 0.25) is 5.02 Å². The smallest absolute Gasteiger partial charge is 0.128 e. The van der Waals surface area contributed by atoms with Crippen LogP contribution in [-0.2, 0) is 4.74 Å². The third-order valence-electron chi connectivity index (χ3n) is 3.56. The number of benzene rings is 1. The Labute approximate surface area is 118 Å². The molecule has 2 unspecified atom stereocenters. The second kappa shape index (κ2) is 6.18. The van der Waals surface area contributed by atoms with Crippen molar-refractivity contribution in [1.29, 1.82) is 0 Å². The van der Waals surface area contributed by atoms with Crippen LogP contribution in [0.15, 0.2) is 18.2 Å². The normalized spacial score (nSPS) is 24.9. The molecule has 19 heavy (non-hydrogen) atoms. The number of halogens is 2. The standard InChI is InChI=1S/C14H20ClFN2O/c1-9(2)18-5-6-19-13(8-17)14(18)11-7-10(15)3-4-12(11)16/h3-4,7,9,13-14H,5-6,8,17H2,1-2H3. The van der Waals surface area contributed by atoms with E-state index in [1.54, 1.807) is 12.1 Å². The molecule has 1 saturated heterocycles. The largest absolute Gasteiger partial charge is 0.374 e. The number of morpholine rings is 1. The van der Waals surface area contributed by atoms with Gasteiger partial charge in [-0.05, 0) is 32.0 Å². The molecule has 2 atom stereocenters. The van der Waals surface area contributed by atoms with E-state index in [1.807, 2.05) is 0 Å². The molecule has 1 aromatic rings. The summed E-state index contributed by atoms with van der Waals surface area (Å²) in [5.41, 5.74) is 6.34. The van der Waals surface area contributed by atoms with Gasteiger partial charge in [0.25, 0.3) is 0 Å². The zero-order valence-electron chi connectivity index (χ0n) is 11.3. The third-order valence-corrected chi connectivity index (χ3v) is 3.80. The van der Waals surface area contributed by atoms with Gasteiger partial charge in [-0.15, -0.1) is 0 Å². The Morgan fingerprint density at radius 2 is 2.26 bits per heavy atom. The average molecular weight is 287 g/mol. The average Bonchev–Trinajstić information content (AvgIpc) is 2.40. The lowest BCUT2D eigenvalue weighted by Crippen LogP contribution is -2.51. The molecule has 1 heterocycles. The van der Waals surface area contributed by atoms with Gasteiger partial charge in [-0.2, -0.15) is 0 Å². The van der Waals surface area contributed by atoms with Crippen molar-refractivity contribution in [3.05, 3.63) is 34.6 Å². The van der Waals surface area contributed by atoms with Gasteiger partial charge >= 0.3 is 0 Å². The predicted molar refractivity (Wildman–Crippen MR) is 74.8 cm³/mol. The van der Waals surface area contributed by atoms with Gasteiger partial charge in [-0.3, -0.25) is 4.90 Å². The van der Waals surface area contributed by atoms with Gasteiger partial charge in [-0.25, -0.2) is 4.39 Å². The van der Waals surface area contributed by atoms with Crippen LogP contribution in [0.5, 0.6) is 0 Å². The summed E-state index contributed by atoms with van der Waals surface area (Å²) in [4.78, 5) is 2.22. The lowest BCUT2D eigenvalue weighted by molar-refractivity contribution is -0.0799. The van der Waals surface area contributed by atoms with Gasteiger partial charge in [0.1, 0.15) is 5.82 Å². The molecule has 5 heteroatoms. The summed E-state index contributed by atoms with van der Waals surface area (Å²) in [7, 11) is 0. The van der Waals surface area contributed by atoms with Crippen LogP contribution in [0.1, 0.15) is 25.5 Å². The molecule has 106 valence electrons. The van der Waals surface area contributed by atoms with E-state index in [0.29, 0.717) is 29.8 Å². The predicted octanol–water partition coefficient (Wildman–Crippen LogP) is 2.59. The lowest BCUT2D eigenvalue weighted by atomic mass is 9.96. The van der Waals surface area contributed by atoms with Gasteiger partial charge in [-0.1, -0.05) is 11.6 Å². The Bertz CT molecular complexity index is 441. The molecule has 0 aromatic heterocycles. The second-order valence-electron chi connectivity index (χ2n) is 5.09. The van der Waals surface area contributed by atoms with Crippen molar-refractivity contribution in [2.24, 2.45) is 5.73 Å². The van der Waals surface area contributed by atoms with E-state index in [9.17, 15) is 4.39 Å². The van der Waals surface area contributed by atoms with E-state index in [2.05, 4.69) is 18.7 Å². The molecule has 2 N–H and O–H groups in total. The zero-order chi connectivity index (χ0) is 14.0. The Morgan fingerprint density at radius 1 is 1.53 bits per heavy atom. The molecule has 1 aliphatic heterocycles. The topological polar surface area (TPSA) is 38.5 Å². The zero-order valence-corrected chi connectivity index (χ0v) is 12.0. The van der Waals surface area contributed by atoms with Crippen molar-refractivity contribution in [3.63, 3.8) is 0 Å². The lowest BCUT2D eigenvalue weighted by Gasteiger charge is -2.43. The van der Waals surface area contributed by atoms with E-state index in [0.717, 1.165) is 6.54 Å². The minimum Gasteiger partial charge on any atom is -0.374 e. The maximum absolute atomic E-state index is 14.1. The fourth-order valence-corrected chi connectivity index (χ4v) is 2.83. The van der Waals surface area contributed by atoms with Crippen LogP contribution in [0.3, 0.4) is 0 Å². The first-order valence-corrected chi connectivity index (χ1v) is 6.94. The molecule has 0 saturated carbocycles. The molecule has 0 radical (unpaired) electrons. The van der Waals surface area contributed by atoms with Crippen LogP contribution in [0.25, 0.3) is 0 Å². The minimum atomic E-state index is -0.260. The fraction of sp³-hybridized carbons (Fsp3) is 0.571. The summed E-state index contributed by atoms with van der Waals surface area (Å²) in [5.74, 6) is -0.260. The van der Waals surface area contributed by atoms with Gasteiger partial charge in [0.15, 0.2) is 0 Å². The van der Waals surface area contributed by atoms with Crippen molar-refractivity contribution in [2.45, 2.75) is 32.0 Å². The summed E-state index contributed by atoms with van der Waals surface area (Å²) in [6, 6.07) is 4.74. The molecule has 0 bridgehead atoms. The number of hydrogen-bond donors (Lipinski definition) is 1. The molecular formula is C14H20ClFN2O. The molecule has 1 aliphatic rings. The highest BCUT2D eigenvalue weighted by molar-refractivity contribution is 6.30. The van der Waals surface area contributed by atoms with Gasteiger partial charge in [0.2, 0.25) is 0 Å². The first-order valence-electron chi connectivity index (χ1n) is 6.57.